The number of benzene rings is 1. The van der Waals surface area contributed by atoms with Crippen LogP contribution < -0.4 is 0 Å². The van der Waals surface area contributed by atoms with Crippen molar-refractivity contribution in [3.05, 3.63) is 42.0 Å². The fraction of sp³-hybridized carbons (Fsp3) is 0.231. The van der Waals surface area contributed by atoms with E-state index in [1.807, 2.05) is 38.1 Å². The molecular formula is C13H14N2OS. The lowest BCUT2D eigenvalue weighted by molar-refractivity contribution is 0.466. The maximum Gasteiger partial charge on any atom is 0.277 e. The molecule has 88 valence electrons. The Bertz CT molecular complexity index is 516. The average Bonchev–Trinajstić information content (AvgIpc) is 2.76. The van der Waals surface area contributed by atoms with Crippen LogP contribution in [0, 0.1) is 6.92 Å². The quantitative estimate of drug-likeness (QED) is 0.609. The van der Waals surface area contributed by atoms with Gasteiger partial charge in [-0.1, -0.05) is 41.6 Å². The third kappa shape index (κ3) is 3.20. The molecule has 4 heteroatoms. The SMILES string of the molecule is C=C(C)CSc1nnc(-c2ccc(C)cc2)o1. The van der Waals surface area contributed by atoms with E-state index in [-0.39, 0.29) is 0 Å². The van der Waals surface area contributed by atoms with Gasteiger partial charge in [0.2, 0.25) is 5.89 Å². The molecule has 0 amide bonds. The number of aryl methyl sites for hydroxylation is 1. The topological polar surface area (TPSA) is 38.9 Å². The molecule has 0 bridgehead atoms. The molecule has 0 saturated heterocycles. The molecule has 0 spiro atoms. The largest absolute Gasteiger partial charge is 0.411 e. The molecule has 0 aliphatic heterocycles. The highest BCUT2D eigenvalue weighted by atomic mass is 32.2. The van der Waals surface area contributed by atoms with Crippen molar-refractivity contribution >= 4 is 11.8 Å². The first kappa shape index (κ1) is 11.9. The number of hydrogen-bond donors (Lipinski definition) is 0. The first-order valence-electron chi connectivity index (χ1n) is 5.33. The average molecular weight is 246 g/mol. The van der Waals surface area contributed by atoms with Crippen molar-refractivity contribution in [2.75, 3.05) is 5.75 Å². The van der Waals surface area contributed by atoms with Crippen molar-refractivity contribution in [2.45, 2.75) is 19.1 Å². The Labute approximate surface area is 105 Å². The second kappa shape index (κ2) is 5.19. The molecule has 0 aliphatic carbocycles. The van der Waals surface area contributed by atoms with Crippen molar-refractivity contribution in [3.8, 4) is 11.5 Å². The van der Waals surface area contributed by atoms with Crippen molar-refractivity contribution in [2.24, 2.45) is 0 Å². The van der Waals surface area contributed by atoms with Gasteiger partial charge in [0.05, 0.1) is 0 Å². The predicted molar refractivity (Wildman–Crippen MR) is 70.0 cm³/mol. The summed E-state index contributed by atoms with van der Waals surface area (Å²) in [6.45, 7) is 7.86. The van der Waals surface area contributed by atoms with E-state index in [2.05, 4.69) is 16.8 Å². The molecule has 1 aromatic heterocycles. The van der Waals surface area contributed by atoms with E-state index < -0.39 is 0 Å². The highest BCUT2D eigenvalue weighted by molar-refractivity contribution is 7.99. The van der Waals surface area contributed by atoms with Crippen molar-refractivity contribution in [1.29, 1.82) is 0 Å². The third-order valence-electron chi connectivity index (χ3n) is 2.15. The number of nitrogens with zero attached hydrogens (tertiary/aromatic N) is 2. The van der Waals surface area contributed by atoms with Gasteiger partial charge in [0.15, 0.2) is 0 Å². The summed E-state index contributed by atoms with van der Waals surface area (Å²) < 4.78 is 5.56. The molecule has 0 unspecified atom stereocenters. The molecule has 0 aliphatic rings. The summed E-state index contributed by atoms with van der Waals surface area (Å²) in [6, 6.07) is 8.02. The van der Waals surface area contributed by atoms with E-state index in [0.29, 0.717) is 11.1 Å². The summed E-state index contributed by atoms with van der Waals surface area (Å²) >= 11 is 1.51. The van der Waals surface area contributed by atoms with Crippen LogP contribution in [0.15, 0.2) is 46.1 Å². The smallest absolute Gasteiger partial charge is 0.277 e. The van der Waals surface area contributed by atoms with E-state index in [0.717, 1.165) is 16.9 Å². The zero-order chi connectivity index (χ0) is 12.3. The molecule has 0 saturated carbocycles. The van der Waals surface area contributed by atoms with Gasteiger partial charge >= 0.3 is 0 Å². The number of hydrogen-bond acceptors (Lipinski definition) is 4. The maximum atomic E-state index is 5.56. The summed E-state index contributed by atoms with van der Waals surface area (Å²) in [5, 5.41) is 8.61. The van der Waals surface area contributed by atoms with Gasteiger partial charge in [-0.3, -0.25) is 0 Å². The molecule has 2 rings (SSSR count). The van der Waals surface area contributed by atoms with Crippen LogP contribution in [-0.2, 0) is 0 Å². The van der Waals surface area contributed by atoms with Crippen LogP contribution in [0.25, 0.3) is 11.5 Å². The summed E-state index contributed by atoms with van der Waals surface area (Å²) in [4.78, 5) is 0. The Hall–Kier alpha value is -1.55. The third-order valence-corrected chi connectivity index (χ3v) is 3.20. The van der Waals surface area contributed by atoms with Gasteiger partial charge in [0, 0.05) is 11.3 Å². The van der Waals surface area contributed by atoms with E-state index >= 15 is 0 Å². The minimum Gasteiger partial charge on any atom is -0.411 e. The molecule has 0 N–H and O–H groups in total. The van der Waals surface area contributed by atoms with Crippen molar-refractivity contribution in [3.63, 3.8) is 0 Å². The lowest BCUT2D eigenvalue weighted by Crippen LogP contribution is -1.78. The summed E-state index contributed by atoms with van der Waals surface area (Å²) in [5.41, 5.74) is 3.25. The predicted octanol–water partition coefficient (Wildman–Crippen LogP) is 3.71. The summed E-state index contributed by atoms with van der Waals surface area (Å²) in [7, 11) is 0. The molecular weight excluding hydrogens is 232 g/mol. The van der Waals surface area contributed by atoms with Gasteiger partial charge in [-0.25, -0.2) is 0 Å². The summed E-state index contributed by atoms with van der Waals surface area (Å²) in [6.07, 6.45) is 0. The van der Waals surface area contributed by atoms with Crippen LogP contribution in [0.2, 0.25) is 0 Å². The van der Waals surface area contributed by atoms with Crippen LogP contribution in [0.4, 0.5) is 0 Å². The summed E-state index contributed by atoms with van der Waals surface area (Å²) in [5.74, 6) is 1.37. The standard InChI is InChI=1S/C13H14N2OS/c1-9(2)8-17-13-15-14-12(16-13)11-6-4-10(3)5-7-11/h4-7H,1,8H2,2-3H3. The van der Waals surface area contributed by atoms with Gasteiger partial charge in [0.1, 0.15) is 0 Å². The van der Waals surface area contributed by atoms with Crippen LogP contribution in [-0.4, -0.2) is 16.0 Å². The Kier molecular flexibility index (Phi) is 3.64. The van der Waals surface area contributed by atoms with E-state index in [1.165, 1.54) is 17.3 Å². The Morgan fingerprint density at radius 2 is 2.00 bits per heavy atom. The van der Waals surface area contributed by atoms with Crippen LogP contribution in [0.1, 0.15) is 12.5 Å². The first-order chi connectivity index (χ1) is 8.15. The van der Waals surface area contributed by atoms with Gasteiger partial charge in [-0.2, -0.15) is 0 Å². The fourth-order valence-electron chi connectivity index (χ4n) is 1.27. The second-order valence-corrected chi connectivity index (χ2v) is 4.91. The molecule has 0 atom stereocenters. The second-order valence-electron chi connectivity index (χ2n) is 3.98. The zero-order valence-electron chi connectivity index (χ0n) is 9.93. The fourth-order valence-corrected chi connectivity index (χ4v) is 1.87. The van der Waals surface area contributed by atoms with E-state index in [1.54, 1.807) is 0 Å². The molecule has 1 aromatic carbocycles. The highest BCUT2D eigenvalue weighted by Gasteiger charge is 2.08. The maximum absolute atomic E-state index is 5.56. The minimum atomic E-state index is 0.564. The molecule has 2 aromatic rings. The Morgan fingerprint density at radius 1 is 1.29 bits per heavy atom. The van der Waals surface area contributed by atoms with Gasteiger partial charge < -0.3 is 4.42 Å². The van der Waals surface area contributed by atoms with Gasteiger partial charge in [-0.05, 0) is 26.0 Å². The molecule has 0 fully saturated rings. The molecule has 3 nitrogen and oxygen atoms in total. The van der Waals surface area contributed by atoms with Crippen molar-refractivity contribution in [1.82, 2.24) is 10.2 Å². The first-order valence-corrected chi connectivity index (χ1v) is 6.31. The molecule has 0 radical (unpaired) electrons. The highest BCUT2D eigenvalue weighted by Crippen LogP contribution is 2.24. The van der Waals surface area contributed by atoms with E-state index in [9.17, 15) is 0 Å². The van der Waals surface area contributed by atoms with Crippen LogP contribution in [0.3, 0.4) is 0 Å². The van der Waals surface area contributed by atoms with E-state index in [4.69, 9.17) is 4.42 Å². The van der Waals surface area contributed by atoms with Crippen molar-refractivity contribution < 1.29 is 4.42 Å². The van der Waals surface area contributed by atoms with Gasteiger partial charge in [-0.15, -0.1) is 10.2 Å². The zero-order valence-corrected chi connectivity index (χ0v) is 10.8. The van der Waals surface area contributed by atoms with Crippen LogP contribution in [0.5, 0.6) is 0 Å². The molecule has 1 heterocycles. The van der Waals surface area contributed by atoms with Crippen LogP contribution >= 0.6 is 11.8 Å². The number of aromatic nitrogens is 2. The minimum absolute atomic E-state index is 0.564. The normalized spacial score (nSPS) is 10.5. The lowest BCUT2D eigenvalue weighted by Gasteiger charge is -1.95. The Morgan fingerprint density at radius 3 is 2.65 bits per heavy atom. The number of thioether (sulfide) groups is 1. The molecule has 17 heavy (non-hydrogen) atoms. The lowest BCUT2D eigenvalue weighted by atomic mass is 10.1. The monoisotopic (exact) mass is 246 g/mol. The number of rotatable bonds is 4. The van der Waals surface area contributed by atoms with Gasteiger partial charge in [0.25, 0.3) is 5.22 Å². The Balaban J connectivity index is 2.12.